The molecule has 5 nitrogen and oxygen atoms in total. The van der Waals surface area contributed by atoms with Crippen LogP contribution in [0.25, 0.3) is 5.69 Å². The van der Waals surface area contributed by atoms with Crippen LogP contribution in [0.1, 0.15) is 23.9 Å². The Balaban J connectivity index is 2.28. The van der Waals surface area contributed by atoms with Crippen molar-refractivity contribution >= 4 is 29.1 Å². The molecule has 1 aromatic heterocycles. The lowest BCUT2D eigenvalue weighted by Crippen LogP contribution is -2.36. The zero-order valence-electron chi connectivity index (χ0n) is 13.2. The molecule has 0 aliphatic rings. The quantitative estimate of drug-likeness (QED) is 0.866. The molecule has 0 spiro atoms. The summed E-state index contributed by atoms with van der Waals surface area (Å²) in [5.74, 6) is -0.147. The summed E-state index contributed by atoms with van der Waals surface area (Å²) in [5, 5.41) is 17.2. The molecule has 0 unspecified atom stereocenters. The zero-order valence-corrected chi connectivity index (χ0v) is 14.7. The number of hydrogen-bond acceptors (Lipinski definition) is 3. The van der Waals surface area contributed by atoms with E-state index in [1.54, 1.807) is 23.7 Å². The highest BCUT2D eigenvalue weighted by atomic mass is 35.5. The van der Waals surface area contributed by atoms with Gasteiger partial charge < -0.3 is 10.4 Å². The molecule has 1 heterocycles. The monoisotopic (exact) mass is 355 g/mol. The van der Waals surface area contributed by atoms with Gasteiger partial charge in [0.2, 0.25) is 5.91 Å². The van der Waals surface area contributed by atoms with E-state index in [1.165, 1.54) is 0 Å². The Bertz CT molecular complexity index is 728. The Labute approximate surface area is 145 Å². The van der Waals surface area contributed by atoms with Crippen molar-refractivity contribution in [2.24, 2.45) is 0 Å². The maximum absolute atomic E-state index is 12.0. The van der Waals surface area contributed by atoms with Gasteiger partial charge in [0.25, 0.3) is 0 Å². The van der Waals surface area contributed by atoms with E-state index in [9.17, 15) is 4.79 Å². The first-order valence-electron chi connectivity index (χ1n) is 7.24. The summed E-state index contributed by atoms with van der Waals surface area (Å²) in [6.45, 7) is 5.42. The number of benzene rings is 1. The molecule has 0 aliphatic heterocycles. The number of carbonyl (C=O) groups is 1. The summed E-state index contributed by atoms with van der Waals surface area (Å²) in [6, 6.07) is 5.00. The molecule has 0 saturated carbocycles. The molecule has 0 radical (unpaired) electrons. The Morgan fingerprint density at radius 3 is 2.65 bits per heavy atom. The second kappa shape index (κ2) is 7.34. The number of amides is 1. The van der Waals surface area contributed by atoms with Crippen LogP contribution >= 0.6 is 23.2 Å². The number of halogens is 2. The SMILES string of the molecule is Cc1nn(-c2ccc(Cl)c(Cl)c2)c(C)c1CC(=O)N[C@H](C)CO. The minimum absolute atomic E-state index is 0.0910. The van der Waals surface area contributed by atoms with Gasteiger partial charge in [0.15, 0.2) is 0 Å². The number of aromatic nitrogens is 2. The smallest absolute Gasteiger partial charge is 0.224 e. The Kier molecular flexibility index (Phi) is 5.68. The van der Waals surface area contributed by atoms with Crippen LogP contribution in [0.3, 0.4) is 0 Å². The van der Waals surface area contributed by atoms with E-state index in [-0.39, 0.29) is 25.0 Å². The van der Waals surface area contributed by atoms with Crippen LogP contribution in [-0.4, -0.2) is 33.4 Å². The van der Waals surface area contributed by atoms with E-state index in [4.69, 9.17) is 28.3 Å². The maximum Gasteiger partial charge on any atom is 0.224 e. The number of aryl methyl sites for hydroxylation is 1. The fourth-order valence-electron chi connectivity index (χ4n) is 2.33. The van der Waals surface area contributed by atoms with E-state index >= 15 is 0 Å². The maximum atomic E-state index is 12.0. The van der Waals surface area contributed by atoms with Crippen molar-refractivity contribution in [3.8, 4) is 5.69 Å². The minimum Gasteiger partial charge on any atom is -0.394 e. The number of aliphatic hydroxyl groups is 1. The van der Waals surface area contributed by atoms with Crippen molar-refractivity contribution < 1.29 is 9.90 Å². The summed E-state index contributed by atoms with van der Waals surface area (Å²) >= 11 is 12.0. The van der Waals surface area contributed by atoms with E-state index < -0.39 is 0 Å². The minimum atomic E-state index is -0.270. The number of nitrogens with one attached hydrogen (secondary N) is 1. The fraction of sp³-hybridized carbons (Fsp3) is 0.375. The third-order valence-corrected chi connectivity index (χ3v) is 4.35. The van der Waals surface area contributed by atoms with Crippen LogP contribution in [0, 0.1) is 13.8 Å². The topological polar surface area (TPSA) is 67.2 Å². The van der Waals surface area contributed by atoms with Crippen LogP contribution in [0.2, 0.25) is 10.0 Å². The van der Waals surface area contributed by atoms with Crippen molar-refractivity contribution in [3.05, 3.63) is 45.2 Å². The molecule has 0 aliphatic carbocycles. The molecular formula is C16H19Cl2N3O2. The standard InChI is InChI=1S/C16H19Cl2N3O2/c1-9(8-22)19-16(23)7-13-10(2)20-21(11(13)3)12-4-5-14(17)15(18)6-12/h4-6,9,22H,7-8H2,1-3H3,(H,19,23)/t9-/m1/s1. The molecule has 2 aromatic rings. The third-order valence-electron chi connectivity index (χ3n) is 3.61. The van der Waals surface area contributed by atoms with Crippen LogP contribution in [0.5, 0.6) is 0 Å². The number of carbonyl (C=O) groups excluding carboxylic acids is 1. The Morgan fingerprint density at radius 1 is 1.35 bits per heavy atom. The van der Waals surface area contributed by atoms with Gasteiger partial charge in [-0.1, -0.05) is 23.2 Å². The van der Waals surface area contributed by atoms with Crippen molar-refractivity contribution in [1.29, 1.82) is 0 Å². The molecule has 1 amide bonds. The molecule has 1 atom stereocenters. The van der Waals surface area contributed by atoms with Crippen LogP contribution in [0.4, 0.5) is 0 Å². The highest BCUT2D eigenvalue weighted by molar-refractivity contribution is 6.42. The van der Waals surface area contributed by atoms with Crippen LogP contribution in [0.15, 0.2) is 18.2 Å². The number of rotatable bonds is 5. The molecule has 7 heteroatoms. The molecular weight excluding hydrogens is 337 g/mol. The number of hydrogen-bond donors (Lipinski definition) is 2. The summed E-state index contributed by atoms with van der Waals surface area (Å²) in [5.41, 5.74) is 3.29. The van der Waals surface area contributed by atoms with Crippen molar-refractivity contribution in [1.82, 2.24) is 15.1 Å². The molecule has 2 N–H and O–H groups in total. The highest BCUT2D eigenvalue weighted by Gasteiger charge is 2.17. The molecule has 23 heavy (non-hydrogen) atoms. The summed E-state index contributed by atoms with van der Waals surface area (Å²) in [4.78, 5) is 12.0. The first-order valence-corrected chi connectivity index (χ1v) is 7.99. The average molecular weight is 356 g/mol. The molecule has 1 aromatic carbocycles. The summed E-state index contributed by atoms with van der Waals surface area (Å²) in [7, 11) is 0. The summed E-state index contributed by atoms with van der Waals surface area (Å²) < 4.78 is 1.75. The number of aliphatic hydroxyl groups excluding tert-OH is 1. The van der Waals surface area contributed by atoms with Crippen molar-refractivity contribution in [2.45, 2.75) is 33.2 Å². The lowest BCUT2D eigenvalue weighted by atomic mass is 10.1. The van der Waals surface area contributed by atoms with Gasteiger partial charge in [0.1, 0.15) is 0 Å². The van der Waals surface area contributed by atoms with Crippen molar-refractivity contribution in [2.75, 3.05) is 6.61 Å². The van der Waals surface area contributed by atoms with E-state index in [2.05, 4.69) is 10.4 Å². The van der Waals surface area contributed by atoms with Gasteiger partial charge in [0.05, 0.1) is 34.5 Å². The molecule has 0 saturated heterocycles. The van der Waals surface area contributed by atoms with Gasteiger partial charge in [-0.3, -0.25) is 4.79 Å². The predicted molar refractivity (Wildman–Crippen MR) is 91.5 cm³/mol. The van der Waals surface area contributed by atoms with E-state index in [1.807, 2.05) is 19.9 Å². The zero-order chi connectivity index (χ0) is 17.1. The largest absolute Gasteiger partial charge is 0.394 e. The lowest BCUT2D eigenvalue weighted by Gasteiger charge is -2.11. The van der Waals surface area contributed by atoms with Gasteiger partial charge in [-0.25, -0.2) is 4.68 Å². The lowest BCUT2D eigenvalue weighted by molar-refractivity contribution is -0.121. The van der Waals surface area contributed by atoms with Gasteiger partial charge in [-0.05, 0) is 39.0 Å². The fourth-order valence-corrected chi connectivity index (χ4v) is 2.62. The summed E-state index contributed by atoms with van der Waals surface area (Å²) in [6.07, 6.45) is 0.212. The predicted octanol–water partition coefficient (Wildman–Crippen LogP) is 2.84. The van der Waals surface area contributed by atoms with E-state index in [0.717, 1.165) is 22.6 Å². The molecule has 0 bridgehead atoms. The van der Waals surface area contributed by atoms with E-state index in [0.29, 0.717) is 10.0 Å². The number of nitrogens with zero attached hydrogens (tertiary/aromatic N) is 2. The van der Waals surface area contributed by atoms with Crippen LogP contribution in [-0.2, 0) is 11.2 Å². The Morgan fingerprint density at radius 2 is 2.04 bits per heavy atom. The third kappa shape index (κ3) is 4.05. The average Bonchev–Trinajstić information content (AvgIpc) is 2.78. The highest BCUT2D eigenvalue weighted by Crippen LogP contribution is 2.26. The van der Waals surface area contributed by atoms with Crippen molar-refractivity contribution in [3.63, 3.8) is 0 Å². The first kappa shape index (κ1) is 17.8. The van der Waals surface area contributed by atoms with Crippen LogP contribution < -0.4 is 5.32 Å². The molecule has 124 valence electrons. The van der Waals surface area contributed by atoms with Gasteiger partial charge in [-0.15, -0.1) is 0 Å². The molecule has 0 fully saturated rings. The Hall–Kier alpha value is -1.56. The van der Waals surface area contributed by atoms with Gasteiger partial charge in [0, 0.05) is 17.3 Å². The van der Waals surface area contributed by atoms with Gasteiger partial charge >= 0.3 is 0 Å². The normalized spacial score (nSPS) is 12.3. The second-order valence-electron chi connectivity index (χ2n) is 5.49. The molecule has 2 rings (SSSR count). The van der Waals surface area contributed by atoms with Gasteiger partial charge in [-0.2, -0.15) is 5.10 Å². The second-order valence-corrected chi connectivity index (χ2v) is 6.30. The first-order chi connectivity index (χ1) is 10.8.